The molecule has 0 aliphatic carbocycles. The fourth-order valence-corrected chi connectivity index (χ4v) is 2.28. The molecule has 0 N–H and O–H groups in total. The van der Waals surface area contributed by atoms with Gasteiger partial charge in [-0.1, -0.05) is 27.7 Å². The zero-order valence-corrected chi connectivity index (χ0v) is 11.0. The third kappa shape index (κ3) is 2.15. The third-order valence-electron chi connectivity index (χ3n) is 3.15. The van der Waals surface area contributed by atoms with E-state index < -0.39 is 0 Å². The van der Waals surface area contributed by atoms with Crippen LogP contribution in [0.2, 0.25) is 0 Å². The van der Waals surface area contributed by atoms with Crippen LogP contribution in [0, 0.1) is 5.82 Å². The molecule has 0 aromatic carbocycles. The molecule has 1 aliphatic heterocycles. The van der Waals surface area contributed by atoms with Crippen LogP contribution in [0.4, 0.5) is 4.39 Å². The van der Waals surface area contributed by atoms with Gasteiger partial charge in [-0.25, -0.2) is 4.39 Å². The Balaban J connectivity index is 2.64. The van der Waals surface area contributed by atoms with E-state index in [1.165, 1.54) is 0 Å². The zero-order valence-electron chi connectivity index (χ0n) is 11.0. The molecule has 3 heteroatoms. The van der Waals surface area contributed by atoms with E-state index >= 15 is 0 Å². The maximum atomic E-state index is 14.4. The average Bonchev–Trinajstić information content (AvgIpc) is 2.27. The highest BCUT2D eigenvalue weighted by atomic mass is 19.1. The Hall–Kier alpha value is -1.12. The van der Waals surface area contributed by atoms with Crippen LogP contribution in [0.15, 0.2) is 0 Å². The van der Waals surface area contributed by atoms with E-state index in [0.29, 0.717) is 23.6 Å². The molecule has 0 fully saturated rings. The molecule has 2 heterocycles. The predicted molar refractivity (Wildman–Crippen MR) is 66.2 cm³/mol. The van der Waals surface area contributed by atoms with Crippen molar-refractivity contribution >= 4 is 0 Å². The minimum Gasteiger partial charge on any atom is -0.491 e. The second-order valence-corrected chi connectivity index (χ2v) is 5.26. The quantitative estimate of drug-likeness (QED) is 0.780. The van der Waals surface area contributed by atoms with Gasteiger partial charge in [0.15, 0.2) is 5.82 Å². The normalized spacial score (nSPS) is 15.0. The fourth-order valence-electron chi connectivity index (χ4n) is 2.28. The lowest BCUT2D eigenvalue weighted by molar-refractivity contribution is 0.276. The van der Waals surface area contributed by atoms with Gasteiger partial charge in [0.1, 0.15) is 5.75 Å². The molecule has 94 valence electrons. The van der Waals surface area contributed by atoms with Gasteiger partial charge in [0.05, 0.1) is 18.0 Å². The summed E-state index contributed by atoms with van der Waals surface area (Å²) in [6.07, 6.45) is 1.87. The molecule has 0 bridgehead atoms. The van der Waals surface area contributed by atoms with Crippen LogP contribution in [-0.4, -0.2) is 11.6 Å². The second kappa shape index (κ2) is 4.63. The van der Waals surface area contributed by atoms with Gasteiger partial charge < -0.3 is 4.74 Å². The first kappa shape index (κ1) is 12.3. The van der Waals surface area contributed by atoms with Gasteiger partial charge in [0, 0.05) is 5.56 Å². The summed E-state index contributed by atoms with van der Waals surface area (Å²) in [7, 11) is 0. The molecule has 1 aromatic rings. The Kier molecular flexibility index (Phi) is 3.36. The highest BCUT2D eigenvalue weighted by Crippen LogP contribution is 2.37. The van der Waals surface area contributed by atoms with Crippen LogP contribution in [0.3, 0.4) is 0 Å². The van der Waals surface area contributed by atoms with Gasteiger partial charge in [0.25, 0.3) is 0 Å². The Morgan fingerprint density at radius 2 is 1.88 bits per heavy atom. The first-order valence-electron chi connectivity index (χ1n) is 6.37. The van der Waals surface area contributed by atoms with Crippen LogP contribution in [-0.2, 0) is 6.42 Å². The number of nitrogens with zero attached hydrogens (tertiary/aromatic N) is 1. The Bertz CT molecular complexity index is 427. The van der Waals surface area contributed by atoms with E-state index in [4.69, 9.17) is 4.74 Å². The lowest BCUT2D eigenvalue weighted by Gasteiger charge is -2.24. The predicted octanol–water partition coefficient (Wildman–Crippen LogP) is 3.79. The lowest BCUT2D eigenvalue weighted by atomic mass is 9.95. The molecule has 1 aliphatic rings. The number of hydrogen-bond donors (Lipinski definition) is 0. The number of hydrogen-bond acceptors (Lipinski definition) is 2. The summed E-state index contributed by atoms with van der Waals surface area (Å²) in [6, 6.07) is 0. The van der Waals surface area contributed by atoms with Gasteiger partial charge in [-0.2, -0.15) is 0 Å². The SMILES string of the molecule is CC(C)c1nc2c(c(C(C)C)c1F)OCCC2. The molecule has 1 aromatic heterocycles. The molecule has 0 saturated heterocycles. The van der Waals surface area contributed by atoms with Crippen LogP contribution >= 0.6 is 0 Å². The van der Waals surface area contributed by atoms with E-state index in [1.807, 2.05) is 27.7 Å². The summed E-state index contributed by atoms with van der Waals surface area (Å²) in [5, 5.41) is 0. The summed E-state index contributed by atoms with van der Waals surface area (Å²) in [4.78, 5) is 4.46. The highest BCUT2D eigenvalue weighted by Gasteiger charge is 2.25. The van der Waals surface area contributed by atoms with Crippen molar-refractivity contribution in [1.29, 1.82) is 0 Å². The molecule has 0 amide bonds. The van der Waals surface area contributed by atoms with Crippen molar-refractivity contribution in [2.75, 3.05) is 6.61 Å². The van der Waals surface area contributed by atoms with Crippen molar-refractivity contribution in [3.8, 4) is 5.75 Å². The lowest BCUT2D eigenvalue weighted by Crippen LogP contribution is -2.17. The maximum absolute atomic E-state index is 14.4. The van der Waals surface area contributed by atoms with Crippen molar-refractivity contribution in [2.24, 2.45) is 0 Å². The summed E-state index contributed by atoms with van der Waals surface area (Å²) in [5.74, 6) is 0.769. The molecule has 2 rings (SSSR count). The van der Waals surface area contributed by atoms with Gasteiger partial charge in [-0.3, -0.25) is 4.98 Å². The number of rotatable bonds is 2. The fraction of sp³-hybridized carbons (Fsp3) is 0.643. The first-order valence-corrected chi connectivity index (χ1v) is 6.37. The molecule has 0 saturated carbocycles. The molecular weight excluding hydrogens is 217 g/mol. The minimum atomic E-state index is -0.171. The number of fused-ring (bicyclic) bond motifs is 1. The summed E-state index contributed by atoms with van der Waals surface area (Å²) < 4.78 is 20.0. The van der Waals surface area contributed by atoms with E-state index in [9.17, 15) is 4.39 Å². The van der Waals surface area contributed by atoms with Crippen molar-refractivity contribution < 1.29 is 9.13 Å². The van der Waals surface area contributed by atoms with Crippen molar-refractivity contribution in [2.45, 2.75) is 52.4 Å². The zero-order chi connectivity index (χ0) is 12.6. The van der Waals surface area contributed by atoms with Gasteiger partial charge in [-0.05, 0) is 24.7 Å². The Morgan fingerprint density at radius 3 is 2.47 bits per heavy atom. The van der Waals surface area contributed by atoms with Gasteiger partial charge in [-0.15, -0.1) is 0 Å². The van der Waals surface area contributed by atoms with Crippen molar-refractivity contribution in [3.63, 3.8) is 0 Å². The van der Waals surface area contributed by atoms with E-state index in [-0.39, 0.29) is 17.7 Å². The molecule has 0 spiro atoms. The molecule has 2 nitrogen and oxygen atoms in total. The smallest absolute Gasteiger partial charge is 0.152 e. The Labute approximate surface area is 102 Å². The van der Waals surface area contributed by atoms with Crippen LogP contribution in [0.1, 0.15) is 62.9 Å². The van der Waals surface area contributed by atoms with E-state index in [2.05, 4.69) is 4.98 Å². The highest BCUT2D eigenvalue weighted by molar-refractivity contribution is 5.44. The van der Waals surface area contributed by atoms with Crippen LogP contribution in [0.25, 0.3) is 0 Å². The van der Waals surface area contributed by atoms with Crippen LogP contribution < -0.4 is 4.74 Å². The van der Waals surface area contributed by atoms with Gasteiger partial charge in [0.2, 0.25) is 0 Å². The first-order chi connectivity index (χ1) is 8.02. The largest absolute Gasteiger partial charge is 0.491 e. The summed E-state index contributed by atoms with van der Waals surface area (Å²) in [6.45, 7) is 8.63. The van der Waals surface area contributed by atoms with Crippen LogP contribution in [0.5, 0.6) is 5.75 Å². The molecule has 17 heavy (non-hydrogen) atoms. The third-order valence-corrected chi connectivity index (χ3v) is 3.15. The maximum Gasteiger partial charge on any atom is 0.152 e. The number of pyridine rings is 1. The molecule has 0 atom stereocenters. The summed E-state index contributed by atoms with van der Waals surface area (Å²) in [5.41, 5.74) is 2.22. The van der Waals surface area contributed by atoms with Gasteiger partial charge >= 0.3 is 0 Å². The van der Waals surface area contributed by atoms with Crippen molar-refractivity contribution in [1.82, 2.24) is 4.98 Å². The average molecular weight is 237 g/mol. The minimum absolute atomic E-state index is 0.111. The topological polar surface area (TPSA) is 22.1 Å². The standard InChI is InChI=1S/C14H20FNO/c1-8(2)11-12(15)13(9(3)4)16-10-6-5-7-17-14(10)11/h8-9H,5-7H2,1-4H3. The Morgan fingerprint density at radius 1 is 1.18 bits per heavy atom. The van der Waals surface area contributed by atoms with E-state index in [0.717, 1.165) is 18.5 Å². The molecule has 0 unspecified atom stereocenters. The molecular formula is C14H20FNO. The number of ether oxygens (including phenoxy) is 1. The molecule has 0 radical (unpaired) electrons. The number of aromatic nitrogens is 1. The van der Waals surface area contributed by atoms with Crippen molar-refractivity contribution in [3.05, 3.63) is 22.8 Å². The summed E-state index contributed by atoms with van der Waals surface area (Å²) >= 11 is 0. The number of halogens is 1. The van der Waals surface area contributed by atoms with E-state index in [1.54, 1.807) is 0 Å². The monoisotopic (exact) mass is 237 g/mol. The number of aryl methyl sites for hydroxylation is 1. The second-order valence-electron chi connectivity index (χ2n) is 5.26.